The minimum atomic E-state index is -4.52. The van der Waals surface area contributed by atoms with Crippen LogP contribution < -0.4 is 5.32 Å². The van der Waals surface area contributed by atoms with E-state index >= 15 is 0 Å². The first-order chi connectivity index (χ1) is 9.54. The highest BCUT2D eigenvalue weighted by Gasteiger charge is 2.45. The standard InChI is InChI=1S/C12H24F3N3O2S/c1-10(2)16-7-4-8-17(3)21(19,20)18(11-5-6-11)9-12(13,14)15/h10-11,16H,4-9H2,1-3H3. The summed E-state index contributed by atoms with van der Waals surface area (Å²) in [6.07, 6.45) is -2.97. The van der Waals surface area contributed by atoms with E-state index in [4.69, 9.17) is 0 Å². The van der Waals surface area contributed by atoms with Crippen LogP contribution in [-0.2, 0) is 10.2 Å². The summed E-state index contributed by atoms with van der Waals surface area (Å²) in [7, 11) is -2.72. The second-order valence-corrected chi connectivity index (χ2v) is 7.67. The molecule has 0 spiro atoms. The normalized spacial score (nSPS) is 17.2. The van der Waals surface area contributed by atoms with E-state index in [0.29, 0.717) is 36.2 Å². The Balaban J connectivity index is 2.59. The van der Waals surface area contributed by atoms with Crippen LogP contribution in [0.5, 0.6) is 0 Å². The summed E-state index contributed by atoms with van der Waals surface area (Å²) in [5, 5.41) is 3.14. The van der Waals surface area contributed by atoms with Gasteiger partial charge in [0.15, 0.2) is 0 Å². The predicted octanol–water partition coefficient (Wildman–Crippen LogP) is 1.58. The molecule has 0 aromatic rings. The van der Waals surface area contributed by atoms with Gasteiger partial charge in [-0.25, -0.2) is 0 Å². The Hall–Kier alpha value is -0.380. The van der Waals surface area contributed by atoms with E-state index in [0.717, 1.165) is 4.31 Å². The van der Waals surface area contributed by atoms with Crippen molar-refractivity contribution in [2.75, 3.05) is 26.7 Å². The fourth-order valence-corrected chi connectivity index (χ4v) is 3.54. The zero-order valence-corrected chi connectivity index (χ0v) is 13.5. The molecule has 1 fully saturated rings. The highest BCUT2D eigenvalue weighted by atomic mass is 32.2. The highest BCUT2D eigenvalue weighted by Crippen LogP contribution is 2.33. The molecule has 0 aliphatic heterocycles. The van der Waals surface area contributed by atoms with E-state index in [1.165, 1.54) is 7.05 Å². The molecule has 21 heavy (non-hydrogen) atoms. The van der Waals surface area contributed by atoms with Gasteiger partial charge in [-0.1, -0.05) is 13.8 Å². The molecule has 9 heteroatoms. The summed E-state index contributed by atoms with van der Waals surface area (Å²) >= 11 is 0. The van der Waals surface area contributed by atoms with Gasteiger partial charge in [-0.15, -0.1) is 0 Å². The third-order valence-electron chi connectivity index (χ3n) is 3.18. The van der Waals surface area contributed by atoms with Gasteiger partial charge in [-0.3, -0.25) is 0 Å². The molecule has 0 unspecified atom stereocenters. The van der Waals surface area contributed by atoms with Gasteiger partial charge < -0.3 is 5.32 Å². The van der Waals surface area contributed by atoms with Crippen molar-refractivity contribution < 1.29 is 21.6 Å². The van der Waals surface area contributed by atoms with Crippen LogP contribution in [0.15, 0.2) is 0 Å². The molecule has 0 aromatic carbocycles. The average Bonchev–Trinajstić information content (AvgIpc) is 3.13. The molecule has 1 rings (SSSR count). The van der Waals surface area contributed by atoms with Crippen LogP contribution in [0.4, 0.5) is 13.2 Å². The third-order valence-corrected chi connectivity index (χ3v) is 5.17. The number of alkyl halides is 3. The van der Waals surface area contributed by atoms with Crippen LogP contribution in [0.25, 0.3) is 0 Å². The van der Waals surface area contributed by atoms with Crippen LogP contribution >= 0.6 is 0 Å². The summed E-state index contributed by atoms with van der Waals surface area (Å²) in [5.41, 5.74) is 0. The van der Waals surface area contributed by atoms with Crippen molar-refractivity contribution in [2.45, 2.75) is 51.4 Å². The molecule has 0 amide bonds. The van der Waals surface area contributed by atoms with Gasteiger partial charge in [0.1, 0.15) is 6.54 Å². The summed E-state index contributed by atoms with van der Waals surface area (Å²) in [4.78, 5) is 0. The Morgan fingerprint density at radius 3 is 2.29 bits per heavy atom. The minimum Gasteiger partial charge on any atom is -0.314 e. The molecule has 1 aliphatic carbocycles. The van der Waals surface area contributed by atoms with Crippen molar-refractivity contribution >= 4 is 10.2 Å². The first kappa shape index (κ1) is 18.7. The molecule has 0 atom stereocenters. The van der Waals surface area contributed by atoms with E-state index < -0.39 is 29.0 Å². The van der Waals surface area contributed by atoms with E-state index in [1.807, 2.05) is 13.8 Å². The van der Waals surface area contributed by atoms with Crippen LogP contribution in [-0.4, -0.2) is 62.0 Å². The smallest absolute Gasteiger partial charge is 0.314 e. The molecular formula is C12H24F3N3O2S. The number of hydrogen-bond donors (Lipinski definition) is 1. The Labute approximate surface area is 124 Å². The maximum absolute atomic E-state index is 12.5. The van der Waals surface area contributed by atoms with Crippen molar-refractivity contribution in [1.82, 2.24) is 13.9 Å². The van der Waals surface area contributed by atoms with E-state index in [-0.39, 0.29) is 6.54 Å². The lowest BCUT2D eigenvalue weighted by Gasteiger charge is -2.28. The molecule has 5 nitrogen and oxygen atoms in total. The Kier molecular flexibility index (Phi) is 6.45. The second kappa shape index (κ2) is 7.26. The van der Waals surface area contributed by atoms with Gasteiger partial charge in [0.25, 0.3) is 10.2 Å². The molecule has 126 valence electrons. The molecule has 1 aliphatic rings. The van der Waals surface area contributed by atoms with E-state index in [2.05, 4.69) is 5.32 Å². The summed E-state index contributed by atoms with van der Waals surface area (Å²) in [6.45, 7) is 3.36. The summed E-state index contributed by atoms with van der Waals surface area (Å²) in [6, 6.07) is -0.215. The highest BCUT2D eigenvalue weighted by molar-refractivity contribution is 7.86. The zero-order valence-electron chi connectivity index (χ0n) is 12.7. The monoisotopic (exact) mass is 331 g/mol. The average molecular weight is 331 g/mol. The molecule has 1 N–H and O–H groups in total. The van der Waals surface area contributed by atoms with Crippen LogP contribution in [0, 0.1) is 0 Å². The van der Waals surface area contributed by atoms with Crippen molar-refractivity contribution in [2.24, 2.45) is 0 Å². The molecule has 0 aromatic heterocycles. The maximum atomic E-state index is 12.5. The third kappa shape index (κ3) is 6.50. The number of nitrogens with one attached hydrogen (secondary N) is 1. The van der Waals surface area contributed by atoms with Gasteiger partial charge in [-0.2, -0.15) is 30.2 Å². The van der Waals surface area contributed by atoms with Gasteiger partial charge >= 0.3 is 6.18 Å². The van der Waals surface area contributed by atoms with Gasteiger partial charge in [0.05, 0.1) is 0 Å². The van der Waals surface area contributed by atoms with Crippen molar-refractivity contribution in [3.63, 3.8) is 0 Å². The minimum absolute atomic E-state index is 0.198. The number of halogens is 3. The van der Waals surface area contributed by atoms with Crippen molar-refractivity contribution in [1.29, 1.82) is 0 Å². The Morgan fingerprint density at radius 2 is 1.86 bits per heavy atom. The largest absolute Gasteiger partial charge is 0.402 e. The quantitative estimate of drug-likeness (QED) is 0.653. The van der Waals surface area contributed by atoms with Crippen molar-refractivity contribution in [3.05, 3.63) is 0 Å². The number of nitrogens with zero attached hydrogens (tertiary/aromatic N) is 2. The molecular weight excluding hydrogens is 307 g/mol. The van der Waals surface area contributed by atoms with Gasteiger partial charge in [0, 0.05) is 25.7 Å². The number of hydrogen-bond acceptors (Lipinski definition) is 3. The topological polar surface area (TPSA) is 52.7 Å². The lowest BCUT2D eigenvalue weighted by atomic mass is 10.3. The summed E-state index contributed by atoms with van der Waals surface area (Å²) in [5.74, 6) is 0. The first-order valence-corrected chi connectivity index (χ1v) is 8.47. The van der Waals surface area contributed by atoms with E-state index in [9.17, 15) is 21.6 Å². The fraction of sp³-hybridized carbons (Fsp3) is 1.00. The molecule has 1 saturated carbocycles. The first-order valence-electron chi connectivity index (χ1n) is 7.07. The SMILES string of the molecule is CC(C)NCCCN(C)S(=O)(=O)N(CC(F)(F)F)C1CC1. The lowest BCUT2D eigenvalue weighted by Crippen LogP contribution is -2.47. The zero-order chi connectivity index (χ0) is 16.3. The predicted molar refractivity (Wildman–Crippen MR) is 75.1 cm³/mol. The Bertz CT molecular complexity index is 422. The Morgan fingerprint density at radius 1 is 1.29 bits per heavy atom. The van der Waals surface area contributed by atoms with Crippen LogP contribution in [0.2, 0.25) is 0 Å². The van der Waals surface area contributed by atoms with Crippen molar-refractivity contribution in [3.8, 4) is 0 Å². The fourth-order valence-electron chi connectivity index (χ4n) is 1.93. The molecule has 0 heterocycles. The molecule has 0 bridgehead atoms. The number of rotatable bonds is 9. The second-order valence-electron chi connectivity index (χ2n) is 5.68. The maximum Gasteiger partial charge on any atom is 0.402 e. The van der Waals surface area contributed by atoms with Gasteiger partial charge in [0.2, 0.25) is 0 Å². The molecule has 0 radical (unpaired) electrons. The van der Waals surface area contributed by atoms with Crippen LogP contribution in [0.3, 0.4) is 0 Å². The lowest BCUT2D eigenvalue weighted by molar-refractivity contribution is -0.137. The van der Waals surface area contributed by atoms with E-state index in [1.54, 1.807) is 0 Å². The van der Waals surface area contributed by atoms with Gasteiger partial charge in [-0.05, 0) is 25.8 Å². The molecule has 0 saturated heterocycles. The summed E-state index contributed by atoms with van der Waals surface area (Å²) < 4.78 is 63.7. The van der Waals surface area contributed by atoms with Crippen LogP contribution in [0.1, 0.15) is 33.1 Å².